The Balaban J connectivity index is 1.33. The van der Waals surface area contributed by atoms with E-state index < -0.39 is 0 Å². The van der Waals surface area contributed by atoms with E-state index in [0.717, 1.165) is 37.6 Å². The Kier molecular flexibility index (Phi) is 3.88. The largest absolute Gasteiger partial charge is 0.371 e. The van der Waals surface area contributed by atoms with Gasteiger partial charge in [0.15, 0.2) is 5.82 Å². The summed E-state index contributed by atoms with van der Waals surface area (Å²) in [6, 6.07) is 4.74. The highest BCUT2D eigenvalue weighted by Crippen LogP contribution is 2.40. The number of pyridine rings is 1. The van der Waals surface area contributed by atoms with Crippen LogP contribution in [-0.4, -0.2) is 47.6 Å². The number of hydrogen-bond acceptors (Lipinski definition) is 6. The highest BCUT2D eigenvalue weighted by molar-refractivity contribution is 5.45. The smallest absolute Gasteiger partial charge is 0.155 e. The van der Waals surface area contributed by atoms with E-state index in [2.05, 4.69) is 46.9 Å². The Labute approximate surface area is 151 Å². The van der Waals surface area contributed by atoms with Crippen molar-refractivity contribution in [1.29, 1.82) is 0 Å². The fourth-order valence-corrected chi connectivity index (χ4v) is 3.86. The summed E-state index contributed by atoms with van der Waals surface area (Å²) < 4.78 is 4.20. The molecule has 2 aliphatic rings. The van der Waals surface area contributed by atoms with Crippen LogP contribution in [0.3, 0.4) is 0 Å². The molecule has 134 valence electrons. The molecule has 0 aromatic carbocycles. The number of rotatable bonds is 5. The highest BCUT2D eigenvalue weighted by atomic mass is 15.4. The third kappa shape index (κ3) is 2.95. The van der Waals surface area contributed by atoms with Gasteiger partial charge in [-0.2, -0.15) is 5.10 Å². The lowest BCUT2D eigenvalue weighted by molar-refractivity contribution is 0.460. The summed E-state index contributed by atoms with van der Waals surface area (Å²) in [4.78, 5) is 10.6. The lowest BCUT2D eigenvalue weighted by atomic mass is 9.95. The molecule has 8 heteroatoms. The summed E-state index contributed by atoms with van der Waals surface area (Å²) in [5.74, 6) is 2.65. The van der Waals surface area contributed by atoms with Crippen LogP contribution < -0.4 is 4.90 Å². The van der Waals surface area contributed by atoms with Crippen LogP contribution in [-0.2, 0) is 6.54 Å². The summed E-state index contributed by atoms with van der Waals surface area (Å²) in [5, 5.41) is 13.3. The van der Waals surface area contributed by atoms with Gasteiger partial charge in [-0.25, -0.2) is 9.67 Å². The van der Waals surface area contributed by atoms with Crippen molar-refractivity contribution in [3.8, 4) is 0 Å². The summed E-state index contributed by atoms with van der Waals surface area (Å²) in [6.07, 6.45) is 11.7. The van der Waals surface area contributed by atoms with Crippen LogP contribution in [0.25, 0.3) is 0 Å². The maximum Gasteiger partial charge on any atom is 0.155 e. The van der Waals surface area contributed by atoms with Crippen LogP contribution in [0.2, 0.25) is 0 Å². The lowest BCUT2D eigenvalue weighted by Gasteiger charge is -2.33. The third-order valence-electron chi connectivity index (χ3n) is 5.36. The molecule has 1 saturated heterocycles. The van der Waals surface area contributed by atoms with E-state index in [1.807, 2.05) is 17.1 Å². The average Bonchev–Trinajstić information content (AvgIpc) is 3.24. The van der Waals surface area contributed by atoms with Gasteiger partial charge in [0.1, 0.15) is 25.0 Å². The van der Waals surface area contributed by atoms with Crippen LogP contribution in [0.15, 0.2) is 37.2 Å². The van der Waals surface area contributed by atoms with Gasteiger partial charge in [0.05, 0.1) is 0 Å². The Hall–Kier alpha value is -2.77. The molecule has 26 heavy (non-hydrogen) atoms. The molecule has 1 aliphatic carbocycles. The topological polar surface area (TPSA) is 77.5 Å². The van der Waals surface area contributed by atoms with E-state index in [9.17, 15) is 0 Å². The molecular weight excluding hydrogens is 328 g/mol. The van der Waals surface area contributed by atoms with Crippen molar-refractivity contribution in [3.05, 3.63) is 48.8 Å². The molecule has 0 amide bonds. The first-order valence-corrected chi connectivity index (χ1v) is 9.29. The Morgan fingerprint density at radius 3 is 2.46 bits per heavy atom. The molecule has 5 rings (SSSR count). The zero-order chi connectivity index (χ0) is 17.3. The molecule has 0 atom stereocenters. The number of hydrogen-bond donors (Lipinski definition) is 0. The van der Waals surface area contributed by atoms with E-state index in [1.54, 1.807) is 12.7 Å². The zero-order valence-corrected chi connectivity index (χ0v) is 14.6. The zero-order valence-electron chi connectivity index (χ0n) is 14.6. The Bertz CT molecular complexity index is 845. The van der Waals surface area contributed by atoms with Crippen molar-refractivity contribution in [1.82, 2.24) is 34.5 Å². The first-order chi connectivity index (χ1) is 12.9. The monoisotopic (exact) mass is 350 g/mol. The molecule has 0 spiro atoms. The maximum atomic E-state index is 4.60. The van der Waals surface area contributed by atoms with E-state index in [4.69, 9.17) is 0 Å². The van der Waals surface area contributed by atoms with Crippen LogP contribution in [0.1, 0.15) is 49.3 Å². The van der Waals surface area contributed by atoms with E-state index in [1.165, 1.54) is 18.5 Å². The fourth-order valence-electron chi connectivity index (χ4n) is 3.86. The molecule has 1 aliphatic heterocycles. The van der Waals surface area contributed by atoms with Gasteiger partial charge in [0.25, 0.3) is 0 Å². The highest BCUT2D eigenvalue weighted by Gasteiger charge is 2.33. The molecule has 8 nitrogen and oxygen atoms in total. The van der Waals surface area contributed by atoms with Crippen LogP contribution in [0, 0.1) is 0 Å². The molecule has 2 fully saturated rings. The number of piperidine rings is 1. The predicted octanol–water partition coefficient (Wildman–Crippen LogP) is 2.03. The molecule has 0 radical (unpaired) electrons. The lowest BCUT2D eigenvalue weighted by Crippen LogP contribution is -2.33. The van der Waals surface area contributed by atoms with Gasteiger partial charge in [0, 0.05) is 43.1 Å². The van der Waals surface area contributed by atoms with Crippen molar-refractivity contribution in [2.24, 2.45) is 0 Å². The molecule has 0 N–H and O–H groups in total. The molecule has 0 bridgehead atoms. The Morgan fingerprint density at radius 1 is 0.962 bits per heavy atom. The van der Waals surface area contributed by atoms with Gasteiger partial charge in [-0.15, -0.1) is 10.2 Å². The van der Waals surface area contributed by atoms with Gasteiger partial charge in [0.2, 0.25) is 0 Å². The fraction of sp³-hybridized carbons (Fsp3) is 0.500. The second-order valence-electron chi connectivity index (χ2n) is 7.14. The van der Waals surface area contributed by atoms with Crippen molar-refractivity contribution < 1.29 is 0 Å². The van der Waals surface area contributed by atoms with Gasteiger partial charge >= 0.3 is 0 Å². The second kappa shape index (κ2) is 6.51. The summed E-state index contributed by atoms with van der Waals surface area (Å²) >= 11 is 0. The SMILES string of the molecule is c1cc(N2CCC(c3nnc(Cn4cncn4)n3C3CC3)CC2)ccn1. The predicted molar refractivity (Wildman–Crippen MR) is 95.8 cm³/mol. The number of aromatic nitrogens is 7. The van der Waals surface area contributed by atoms with Crippen molar-refractivity contribution in [2.75, 3.05) is 18.0 Å². The standard InChI is InChI=1S/C18H22N8/c1-2-16(1)26-17(11-25-13-20-12-21-25)22-23-18(26)14-5-9-24(10-6-14)15-3-7-19-8-4-15/h3-4,7-8,12-14,16H,1-2,5-6,9-11H2. The first-order valence-electron chi connectivity index (χ1n) is 9.29. The van der Waals surface area contributed by atoms with Crippen LogP contribution >= 0.6 is 0 Å². The third-order valence-corrected chi connectivity index (χ3v) is 5.36. The normalized spacial score (nSPS) is 18.4. The van der Waals surface area contributed by atoms with Crippen molar-refractivity contribution in [3.63, 3.8) is 0 Å². The molecule has 3 aromatic heterocycles. The minimum absolute atomic E-state index is 0.477. The summed E-state index contributed by atoms with van der Waals surface area (Å²) in [5.41, 5.74) is 1.26. The minimum Gasteiger partial charge on any atom is -0.371 e. The average molecular weight is 350 g/mol. The van der Waals surface area contributed by atoms with Gasteiger partial charge < -0.3 is 9.47 Å². The van der Waals surface area contributed by atoms with Crippen molar-refractivity contribution >= 4 is 5.69 Å². The van der Waals surface area contributed by atoms with E-state index >= 15 is 0 Å². The summed E-state index contributed by atoms with van der Waals surface area (Å²) in [6.45, 7) is 2.73. The van der Waals surface area contributed by atoms with Gasteiger partial charge in [-0.05, 0) is 37.8 Å². The first kappa shape index (κ1) is 15.5. The summed E-state index contributed by atoms with van der Waals surface area (Å²) in [7, 11) is 0. The molecule has 1 saturated carbocycles. The van der Waals surface area contributed by atoms with Gasteiger partial charge in [-0.3, -0.25) is 4.98 Å². The molecule has 4 heterocycles. The van der Waals surface area contributed by atoms with Crippen LogP contribution in [0.5, 0.6) is 0 Å². The minimum atomic E-state index is 0.477. The molecule has 3 aromatic rings. The maximum absolute atomic E-state index is 4.60. The second-order valence-corrected chi connectivity index (χ2v) is 7.14. The van der Waals surface area contributed by atoms with E-state index in [0.29, 0.717) is 18.5 Å². The van der Waals surface area contributed by atoms with Crippen LogP contribution in [0.4, 0.5) is 5.69 Å². The van der Waals surface area contributed by atoms with Gasteiger partial charge in [-0.1, -0.05) is 0 Å². The number of anilines is 1. The molecule has 0 unspecified atom stereocenters. The number of nitrogens with zero attached hydrogens (tertiary/aromatic N) is 8. The molecular formula is C18H22N8. The quantitative estimate of drug-likeness (QED) is 0.701. The Morgan fingerprint density at radius 2 is 1.77 bits per heavy atom. The van der Waals surface area contributed by atoms with Crippen molar-refractivity contribution in [2.45, 2.75) is 44.2 Å². The van der Waals surface area contributed by atoms with E-state index in [-0.39, 0.29) is 0 Å².